The first kappa shape index (κ1) is 24.5. The Balaban J connectivity index is 1.55. The Bertz CT molecular complexity index is 928. The highest BCUT2D eigenvalue weighted by molar-refractivity contribution is 5.80. The van der Waals surface area contributed by atoms with Crippen LogP contribution in [-0.4, -0.2) is 46.3 Å². The predicted molar refractivity (Wildman–Crippen MR) is 123 cm³/mol. The van der Waals surface area contributed by atoms with E-state index in [9.17, 15) is 14.7 Å². The first-order chi connectivity index (χ1) is 15.7. The molecule has 2 aromatic rings. The molecule has 2 N–H and O–H groups in total. The number of carbonyl (C=O) groups is 2. The van der Waals surface area contributed by atoms with Gasteiger partial charge in [0.15, 0.2) is 0 Å². The van der Waals surface area contributed by atoms with Crippen LogP contribution in [-0.2, 0) is 27.6 Å². The summed E-state index contributed by atoms with van der Waals surface area (Å²) in [6.45, 7) is 6.14. The fourth-order valence-corrected chi connectivity index (χ4v) is 3.58. The number of ether oxygens (including phenoxy) is 2. The van der Waals surface area contributed by atoms with Gasteiger partial charge in [0.05, 0.1) is 12.6 Å². The van der Waals surface area contributed by atoms with Crippen LogP contribution in [0.4, 0.5) is 4.79 Å². The molecule has 0 aromatic heterocycles. The lowest BCUT2D eigenvalue weighted by atomic mass is 9.99. The van der Waals surface area contributed by atoms with E-state index in [0.29, 0.717) is 19.4 Å². The second kappa shape index (κ2) is 11.2. The molecule has 3 rings (SSSR count). The lowest BCUT2D eigenvalue weighted by Gasteiger charge is -2.38. The Morgan fingerprint density at radius 1 is 1.03 bits per heavy atom. The van der Waals surface area contributed by atoms with Crippen molar-refractivity contribution in [2.24, 2.45) is 0 Å². The Kier molecular flexibility index (Phi) is 8.30. The van der Waals surface area contributed by atoms with Gasteiger partial charge < -0.3 is 14.6 Å². The highest BCUT2D eigenvalue weighted by Gasteiger charge is 2.38. The molecule has 1 fully saturated rings. The molecule has 1 heterocycles. The highest BCUT2D eigenvalue weighted by Crippen LogP contribution is 2.23. The van der Waals surface area contributed by atoms with Crippen molar-refractivity contribution in [3.63, 3.8) is 0 Å². The minimum Gasteiger partial charge on any atom is -0.489 e. The normalized spacial score (nSPS) is 18.6. The van der Waals surface area contributed by atoms with Gasteiger partial charge in [-0.1, -0.05) is 48.5 Å². The van der Waals surface area contributed by atoms with Gasteiger partial charge in [0, 0.05) is 12.1 Å². The van der Waals surface area contributed by atoms with Crippen molar-refractivity contribution in [1.29, 1.82) is 0 Å². The zero-order chi connectivity index (χ0) is 23.8. The van der Waals surface area contributed by atoms with Gasteiger partial charge in [-0.2, -0.15) is 5.48 Å². The maximum absolute atomic E-state index is 12.6. The zero-order valence-corrected chi connectivity index (χ0v) is 19.3. The standard InChI is InChI=1S/C25H32N2O6/c1-25(2,3)33-24(30)27-15-20(13-14-21(27)23(28)29)26-32-17-19-11-7-8-12-22(19)31-16-18-9-5-4-6-10-18/h4-12,20-21,26H,13-17H2,1-3H3,(H,28,29)/t20-,21+/m1/s1. The van der Waals surface area contributed by atoms with Crippen LogP contribution >= 0.6 is 0 Å². The molecule has 0 radical (unpaired) electrons. The van der Waals surface area contributed by atoms with Gasteiger partial charge in [0.25, 0.3) is 0 Å². The lowest BCUT2D eigenvalue weighted by Crippen LogP contribution is -2.56. The number of hydrogen-bond donors (Lipinski definition) is 2. The molecule has 1 aliphatic heterocycles. The molecule has 0 bridgehead atoms. The molecule has 2 atom stereocenters. The third kappa shape index (κ3) is 7.47. The quantitative estimate of drug-likeness (QED) is 0.576. The summed E-state index contributed by atoms with van der Waals surface area (Å²) in [5.41, 5.74) is 4.22. The minimum absolute atomic E-state index is 0.179. The number of carboxylic acids is 1. The number of aliphatic carboxylic acids is 1. The van der Waals surface area contributed by atoms with E-state index in [1.165, 1.54) is 4.90 Å². The Hall–Kier alpha value is -3.10. The fraction of sp³-hybridized carbons (Fsp3) is 0.440. The van der Waals surface area contributed by atoms with Gasteiger partial charge in [-0.3, -0.25) is 9.74 Å². The number of hydroxylamine groups is 1. The Morgan fingerprint density at radius 3 is 2.42 bits per heavy atom. The van der Waals surface area contributed by atoms with E-state index in [2.05, 4.69) is 5.48 Å². The summed E-state index contributed by atoms with van der Waals surface area (Å²) in [5, 5.41) is 9.52. The summed E-state index contributed by atoms with van der Waals surface area (Å²) in [6.07, 6.45) is 0.232. The Labute approximate surface area is 194 Å². The number of carboxylic acid groups (broad SMARTS) is 1. The molecule has 1 amide bonds. The molecule has 8 heteroatoms. The van der Waals surface area contributed by atoms with Crippen LogP contribution in [0.5, 0.6) is 5.75 Å². The number of benzene rings is 2. The van der Waals surface area contributed by atoms with Crippen LogP contribution in [0, 0.1) is 0 Å². The summed E-state index contributed by atoms with van der Waals surface area (Å²) < 4.78 is 11.4. The second-order valence-electron chi connectivity index (χ2n) is 9.05. The molecule has 0 unspecified atom stereocenters. The minimum atomic E-state index is -1.04. The largest absolute Gasteiger partial charge is 0.489 e. The third-order valence-corrected chi connectivity index (χ3v) is 5.18. The maximum atomic E-state index is 12.6. The number of nitrogens with one attached hydrogen (secondary N) is 1. The molecule has 2 aromatic carbocycles. The molecular weight excluding hydrogens is 424 g/mol. The van der Waals surface area contributed by atoms with E-state index in [0.717, 1.165) is 16.9 Å². The number of hydrogen-bond acceptors (Lipinski definition) is 6. The van der Waals surface area contributed by atoms with Crippen LogP contribution in [0.15, 0.2) is 54.6 Å². The van der Waals surface area contributed by atoms with Gasteiger partial charge >= 0.3 is 12.1 Å². The summed E-state index contributed by atoms with van der Waals surface area (Å²) in [5.74, 6) is -0.308. The summed E-state index contributed by atoms with van der Waals surface area (Å²) in [7, 11) is 0. The summed E-state index contributed by atoms with van der Waals surface area (Å²) in [4.78, 5) is 31.2. The van der Waals surface area contributed by atoms with Gasteiger partial charge in [0.2, 0.25) is 0 Å². The number of rotatable bonds is 8. The molecule has 33 heavy (non-hydrogen) atoms. The van der Waals surface area contributed by atoms with Crippen molar-refractivity contribution in [3.8, 4) is 5.75 Å². The second-order valence-corrected chi connectivity index (χ2v) is 9.05. The molecule has 0 spiro atoms. The summed E-state index contributed by atoms with van der Waals surface area (Å²) in [6, 6.07) is 16.4. The van der Waals surface area contributed by atoms with Crippen molar-refractivity contribution in [3.05, 3.63) is 65.7 Å². The molecule has 0 aliphatic carbocycles. The number of likely N-dealkylation sites (tertiary alicyclic amines) is 1. The van der Waals surface area contributed by atoms with Crippen molar-refractivity contribution in [1.82, 2.24) is 10.4 Å². The number of carbonyl (C=O) groups excluding carboxylic acids is 1. The monoisotopic (exact) mass is 456 g/mol. The van der Waals surface area contributed by atoms with Crippen molar-refractivity contribution >= 4 is 12.1 Å². The van der Waals surface area contributed by atoms with E-state index < -0.39 is 23.7 Å². The van der Waals surface area contributed by atoms with Crippen molar-refractivity contribution in [2.45, 2.75) is 64.5 Å². The topological polar surface area (TPSA) is 97.3 Å². The van der Waals surface area contributed by atoms with Crippen molar-refractivity contribution in [2.75, 3.05) is 6.54 Å². The van der Waals surface area contributed by atoms with Crippen molar-refractivity contribution < 1.29 is 29.0 Å². The van der Waals surface area contributed by atoms with E-state index in [1.807, 2.05) is 54.6 Å². The first-order valence-corrected chi connectivity index (χ1v) is 11.1. The van der Waals surface area contributed by atoms with Crippen LogP contribution in [0.3, 0.4) is 0 Å². The molecule has 1 aliphatic rings. The lowest BCUT2D eigenvalue weighted by molar-refractivity contribution is -0.145. The van der Waals surface area contributed by atoms with Gasteiger partial charge in [-0.25, -0.2) is 9.59 Å². The zero-order valence-electron chi connectivity index (χ0n) is 19.3. The number of para-hydroxylation sites is 1. The first-order valence-electron chi connectivity index (χ1n) is 11.1. The number of nitrogens with zero attached hydrogens (tertiary/aromatic N) is 1. The van der Waals surface area contributed by atoms with Gasteiger partial charge in [-0.05, 0) is 45.2 Å². The SMILES string of the molecule is CC(C)(C)OC(=O)N1C[C@H](NOCc2ccccc2OCc2ccccc2)CC[C@H]1C(=O)O. The van der Waals surface area contributed by atoms with Crippen LogP contribution in [0.25, 0.3) is 0 Å². The average molecular weight is 457 g/mol. The fourth-order valence-electron chi connectivity index (χ4n) is 3.58. The summed E-state index contributed by atoms with van der Waals surface area (Å²) >= 11 is 0. The van der Waals surface area contributed by atoms with E-state index >= 15 is 0 Å². The van der Waals surface area contributed by atoms with Gasteiger partial charge in [0.1, 0.15) is 24.0 Å². The predicted octanol–water partition coefficient (Wildman–Crippen LogP) is 4.14. The molecule has 178 valence electrons. The van der Waals surface area contributed by atoms with Crippen LogP contribution in [0.2, 0.25) is 0 Å². The van der Waals surface area contributed by atoms with E-state index in [-0.39, 0.29) is 19.2 Å². The molecule has 8 nitrogen and oxygen atoms in total. The Morgan fingerprint density at radius 2 is 1.73 bits per heavy atom. The van der Waals surface area contributed by atoms with E-state index in [4.69, 9.17) is 14.3 Å². The highest BCUT2D eigenvalue weighted by atomic mass is 16.6. The molecule has 1 saturated heterocycles. The maximum Gasteiger partial charge on any atom is 0.411 e. The number of amides is 1. The smallest absolute Gasteiger partial charge is 0.411 e. The average Bonchev–Trinajstić information content (AvgIpc) is 2.78. The van der Waals surface area contributed by atoms with Crippen LogP contribution in [0.1, 0.15) is 44.7 Å². The van der Waals surface area contributed by atoms with Crippen LogP contribution < -0.4 is 10.2 Å². The molecular formula is C25H32N2O6. The third-order valence-electron chi connectivity index (χ3n) is 5.18. The van der Waals surface area contributed by atoms with Gasteiger partial charge in [-0.15, -0.1) is 0 Å². The number of piperidine rings is 1. The van der Waals surface area contributed by atoms with E-state index in [1.54, 1.807) is 20.8 Å². The molecule has 0 saturated carbocycles.